The van der Waals surface area contributed by atoms with Crippen LogP contribution in [0.5, 0.6) is 0 Å². The van der Waals surface area contributed by atoms with Crippen LogP contribution in [0.15, 0.2) is 29.7 Å². The molecule has 0 aromatic rings. The Labute approximate surface area is 102 Å². The van der Waals surface area contributed by atoms with Gasteiger partial charge >= 0.3 is 5.92 Å². The molecule has 4 N–H and O–H groups in total. The molecule has 6 nitrogen and oxygen atoms in total. The number of rotatable bonds is 2. The molecule has 1 saturated heterocycles. The van der Waals surface area contributed by atoms with Crippen molar-refractivity contribution in [3.05, 3.63) is 24.7 Å². The number of hydrogen-bond acceptors (Lipinski definition) is 6. The van der Waals surface area contributed by atoms with Gasteiger partial charge in [0.25, 0.3) is 0 Å². The van der Waals surface area contributed by atoms with E-state index in [4.69, 9.17) is 15.6 Å². The lowest BCUT2D eigenvalue weighted by atomic mass is 10.1. The second-order valence-electron chi connectivity index (χ2n) is 4.00. The van der Waals surface area contributed by atoms with Crippen molar-refractivity contribution < 1.29 is 23.7 Å². The standard InChI is InChI=1S/C10H13F2N3O3/c1-5-14-7(13)2-3-15(5)9-10(11,12)8(17)6(4-16)18-9/h2-3,6,8-9,16-17H,1,4H2,(H2,13,14)/t6-,8-,9?/m1/s1. The first-order chi connectivity index (χ1) is 8.37. The maximum absolute atomic E-state index is 13.8. The molecule has 0 aromatic carbocycles. The summed E-state index contributed by atoms with van der Waals surface area (Å²) in [5.41, 5.74) is 5.39. The largest absolute Gasteiger partial charge is 0.394 e. The van der Waals surface area contributed by atoms with Gasteiger partial charge in [0.15, 0.2) is 6.10 Å². The number of aliphatic hydroxyl groups excluding tert-OH is 2. The molecule has 2 rings (SSSR count). The summed E-state index contributed by atoms with van der Waals surface area (Å²) < 4.78 is 32.6. The van der Waals surface area contributed by atoms with Gasteiger partial charge < -0.3 is 25.6 Å². The molecule has 18 heavy (non-hydrogen) atoms. The Kier molecular flexibility index (Phi) is 3.09. The van der Waals surface area contributed by atoms with E-state index in [-0.39, 0.29) is 11.7 Å². The summed E-state index contributed by atoms with van der Waals surface area (Å²) in [4.78, 5) is 4.70. The molecular weight excluding hydrogens is 248 g/mol. The summed E-state index contributed by atoms with van der Waals surface area (Å²) in [6, 6.07) is 0. The fourth-order valence-electron chi connectivity index (χ4n) is 1.82. The first-order valence-corrected chi connectivity index (χ1v) is 5.19. The topological polar surface area (TPSA) is 91.3 Å². The first-order valence-electron chi connectivity index (χ1n) is 5.19. The minimum absolute atomic E-state index is 0.0227. The lowest BCUT2D eigenvalue weighted by Crippen LogP contribution is -2.47. The van der Waals surface area contributed by atoms with Crippen LogP contribution in [0.2, 0.25) is 0 Å². The highest BCUT2D eigenvalue weighted by molar-refractivity contribution is 5.92. The average Bonchev–Trinajstić information content (AvgIpc) is 2.52. The van der Waals surface area contributed by atoms with Crippen LogP contribution in [0.3, 0.4) is 0 Å². The number of hydrogen-bond donors (Lipinski definition) is 3. The predicted molar refractivity (Wildman–Crippen MR) is 58.4 cm³/mol. The zero-order valence-electron chi connectivity index (χ0n) is 9.33. The van der Waals surface area contributed by atoms with Crippen LogP contribution in [0.4, 0.5) is 8.78 Å². The van der Waals surface area contributed by atoms with E-state index in [2.05, 4.69) is 11.6 Å². The van der Waals surface area contributed by atoms with Crippen molar-refractivity contribution in [1.82, 2.24) is 4.90 Å². The number of nitrogens with zero attached hydrogens (tertiary/aromatic N) is 2. The zero-order valence-corrected chi connectivity index (χ0v) is 9.33. The van der Waals surface area contributed by atoms with Crippen LogP contribution in [0, 0.1) is 0 Å². The fraction of sp³-hybridized carbons (Fsp3) is 0.500. The zero-order chi connectivity index (χ0) is 13.5. The summed E-state index contributed by atoms with van der Waals surface area (Å²) >= 11 is 0. The van der Waals surface area contributed by atoms with E-state index < -0.39 is 31.0 Å². The van der Waals surface area contributed by atoms with Crippen molar-refractivity contribution >= 4 is 5.84 Å². The van der Waals surface area contributed by atoms with Crippen molar-refractivity contribution in [2.75, 3.05) is 6.61 Å². The molecule has 3 atom stereocenters. The Bertz CT molecular complexity index is 425. The van der Waals surface area contributed by atoms with Gasteiger partial charge in [-0.2, -0.15) is 8.78 Å². The van der Waals surface area contributed by atoms with Gasteiger partial charge in [0.05, 0.1) is 6.61 Å². The molecule has 0 saturated carbocycles. The highest BCUT2D eigenvalue weighted by Crippen LogP contribution is 2.39. The van der Waals surface area contributed by atoms with E-state index in [1.54, 1.807) is 0 Å². The van der Waals surface area contributed by atoms with Crippen LogP contribution in [-0.4, -0.2) is 51.9 Å². The van der Waals surface area contributed by atoms with Crippen LogP contribution in [0.25, 0.3) is 0 Å². The minimum Gasteiger partial charge on any atom is -0.394 e. The number of ether oxygens (including phenoxy) is 1. The molecule has 2 aliphatic rings. The van der Waals surface area contributed by atoms with Crippen molar-refractivity contribution in [2.45, 2.75) is 24.4 Å². The molecule has 0 aliphatic carbocycles. The molecule has 100 valence electrons. The quantitative estimate of drug-likeness (QED) is 0.615. The molecule has 0 spiro atoms. The molecule has 2 aliphatic heterocycles. The monoisotopic (exact) mass is 261 g/mol. The number of aliphatic hydroxyl groups is 2. The third kappa shape index (κ3) is 1.88. The van der Waals surface area contributed by atoms with E-state index >= 15 is 0 Å². The molecule has 0 amide bonds. The third-order valence-electron chi connectivity index (χ3n) is 2.77. The molecule has 2 heterocycles. The normalized spacial score (nSPS) is 34.9. The van der Waals surface area contributed by atoms with Crippen molar-refractivity contribution in [3.63, 3.8) is 0 Å². The maximum atomic E-state index is 13.8. The third-order valence-corrected chi connectivity index (χ3v) is 2.77. The summed E-state index contributed by atoms with van der Waals surface area (Å²) in [6.07, 6.45) is -2.65. The lowest BCUT2D eigenvalue weighted by Gasteiger charge is -2.31. The first kappa shape index (κ1) is 12.9. The number of alkyl halides is 2. The number of amidine groups is 1. The predicted octanol–water partition coefficient (Wildman–Crippen LogP) is -0.643. The Morgan fingerprint density at radius 2 is 2.28 bits per heavy atom. The van der Waals surface area contributed by atoms with Gasteiger partial charge in [0.2, 0.25) is 6.23 Å². The van der Waals surface area contributed by atoms with E-state index in [0.29, 0.717) is 0 Å². The van der Waals surface area contributed by atoms with E-state index in [1.165, 1.54) is 12.3 Å². The molecule has 0 aromatic heterocycles. The van der Waals surface area contributed by atoms with Gasteiger partial charge in [-0.1, -0.05) is 6.58 Å². The summed E-state index contributed by atoms with van der Waals surface area (Å²) in [5, 5.41) is 18.2. The van der Waals surface area contributed by atoms with Crippen molar-refractivity contribution in [2.24, 2.45) is 10.7 Å². The van der Waals surface area contributed by atoms with Crippen LogP contribution in [-0.2, 0) is 4.74 Å². The Hall–Kier alpha value is -1.51. The lowest BCUT2D eigenvalue weighted by molar-refractivity contribution is -0.148. The number of aliphatic imine (C=N–C) groups is 1. The summed E-state index contributed by atoms with van der Waals surface area (Å²) in [7, 11) is 0. The van der Waals surface area contributed by atoms with Crippen LogP contribution < -0.4 is 5.73 Å². The smallest absolute Gasteiger partial charge is 0.320 e. The highest BCUT2D eigenvalue weighted by Gasteiger charge is 2.60. The van der Waals surface area contributed by atoms with Gasteiger partial charge in [-0.15, -0.1) is 0 Å². The second kappa shape index (κ2) is 4.30. The molecule has 1 unspecified atom stereocenters. The van der Waals surface area contributed by atoms with Gasteiger partial charge in [-0.25, -0.2) is 4.99 Å². The van der Waals surface area contributed by atoms with Gasteiger partial charge in [0.1, 0.15) is 17.8 Å². The van der Waals surface area contributed by atoms with Crippen LogP contribution in [0.1, 0.15) is 0 Å². The van der Waals surface area contributed by atoms with E-state index in [9.17, 15) is 13.9 Å². The summed E-state index contributed by atoms with van der Waals surface area (Å²) in [6.45, 7) is 2.78. The van der Waals surface area contributed by atoms with Gasteiger partial charge in [-0.3, -0.25) is 0 Å². The SMILES string of the molecule is C=C1N=C(N)C=CN1C1O[C@H](CO)[C@@H](O)C1(F)F. The maximum Gasteiger partial charge on any atom is 0.320 e. The highest BCUT2D eigenvalue weighted by atomic mass is 19.3. The van der Waals surface area contributed by atoms with E-state index in [1.807, 2.05) is 0 Å². The Balaban J connectivity index is 2.25. The van der Waals surface area contributed by atoms with Crippen LogP contribution >= 0.6 is 0 Å². The van der Waals surface area contributed by atoms with Crippen molar-refractivity contribution in [3.8, 4) is 0 Å². The average molecular weight is 261 g/mol. The molecule has 0 bridgehead atoms. The molecule has 8 heteroatoms. The molecule has 0 radical (unpaired) electrons. The van der Waals surface area contributed by atoms with Gasteiger partial charge in [-0.05, 0) is 6.08 Å². The Morgan fingerprint density at radius 3 is 2.78 bits per heavy atom. The molecular formula is C10H13F2N3O3. The van der Waals surface area contributed by atoms with Crippen molar-refractivity contribution in [1.29, 1.82) is 0 Å². The Morgan fingerprint density at radius 1 is 1.61 bits per heavy atom. The minimum atomic E-state index is -3.55. The number of nitrogens with two attached hydrogens (primary N) is 1. The molecule has 1 fully saturated rings. The fourth-order valence-corrected chi connectivity index (χ4v) is 1.82. The van der Waals surface area contributed by atoms with Gasteiger partial charge in [0, 0.05) is 6.20 Å². The second-order valence-corrected chi connectivity index (χ2v) is 4.00. The summed E-state index contributed by atoms with van der Waals surface area (Å²) in [5.74, 6) is -3.44. The number of halogens is 2. The van der Waals surface area contributed by atoms with E-state index in [0.717, 1.165) is 4.90 Å².